The third-order valence-electron chi connectivity index (χ3n) is 1.91. The summed E-state index contributed by atoms with van der Waals surface area (Å²) < 4.78 is 5.43. The number of rotatable bonds is 3. The third kappa shape index (κ3) is 2.95. The second-order valence-corrected chi connectivity index (χ2v) is 6.57. The number of thiazole rings is 1. The summed E-state index contributed by atoms with van der Waals surface area (Å²) in [6, 6.07) is 3.50. The molecule has 2 aromatic heterocycles. The number of aromatic nitrogens is 1. The van der Waals surface area contributed by atoms with E-state index in [2.05, 4.69) is 31.0 Å². The number of hydrogen-bond acceptors (Lipinski definition) is 6. The van der Waals surface area contributed by atoms with Crippen molar-refractivity contribution in [1.82, 2.24) is 4.98 Å². The van der Waals surface area contributed by atoms with E-state index in [1.165, 1.54) is 24.6 Å². The molecule has 0 aliphatic rings. The van der Waals surface area contributed by atoms with Crippen molar-refractivity contribution in [2.24, 2.45) is 0 Å². The van der Waals surface area contributed by atoms with Gasteiger partial charge in [-0.2, -0.15) is 0 Å². The Balaban J connectivity index is 2.08. The number of thiophene rings is 1. The smallest absolute Gasteiger partial charge is 0.349 e. The summed E-state index contributed by atoms with van der Waals surface area (Å²) in [4.78, 5) is 27.9. The number of methoxy groups -OCH3 is 1. The number of hydrogen-bond donors (Lipinski definition) is 1. The molecule has 0 aliphatic carbocycles. The summed E-state index contributed by atoms with van der Waals surface area (Å²) in [6.45, 7) is 0. The monoisotopic (exact) mass is 346 g/mol. The Labute approximate surface area is 119 Å². The zero-order chi connectivity index (χ0) is 13.1. The summed E-state index contributed by atoms with van der Waals surface area (Å²) in [6.07, 6.45) is 1.37. The van der Waals surface area contributed by atoms with Crippen molar-refractivity contribution in [3.63, 3.8) is 0 Å². The highest BCUT2D eigenvalue weighted by Gasteiger charge is 2.14. The largest absolute Gasteiger partial charge is 0.465 e. The van der Waals surface area contributed by atoms with Crippen molar-refractivity contribution >= 4 is 55.6 Å². The zero-order valence-electron chi connectivity index (χ0n) is 9.10. The Morgan fingerprint density at radius 1 is 1.33 bits per heavy atom. The van der Waals surface area contributed by atoms with E-state index in [-0.39, 0.29) is 5.91 Å². The average Bonchev–Trinajstić information content (AvgIpc) is 2.97. The molecule has 0 spiro atoms. The van der Waals surface area contributed by atoms with Gasteiger partial charge in [0.05, 0.1) is 22.0 Å². The summed E-state index contributed by atoms with van der Waals surface area (Å²) in [5, 5.41) is 2.99. The van der Waals surface area contributed by atoms with Gasteiger partial charge in [-0.25, -0.2) is 9.78 Å². The van der Waals surface area contributed by atoms with E-state index in [4.69, 9.17) is 0 Å². The van der Waals surface area contributed by atoms with Crippen LogP contribution in [0.4, 0.5) is 5.13 Å². The lowest BCUT2D eigenvalue weighted by Gasteiger charge is -1.97. The van der Waals surface area contributed by atoms with Gasteiger partial charge >= 0.3 is 5.97 Å². The summed E-state index contributed by atoms with van der Waals surface area (Å²) in [5.74, 6) is -0.719. The highest BCUT2D eigenvalue weighted by atomic mass is 79.9. The van der Waals surface area contributed by atoms with Gasteiger partial charge in [0.2, 0.25) is 0 Å². The van der Waals surface area contributed by atoms with Crippen LogP contribution in [0.1, 0.15) is 19.3 Å². The molecule has 2 heterocycles. The van der Waals surface area contributed by atoms with Crippen molar-refractivity contribution in [2.75, 3.05) is 12.4 Å². The third-order valence-corrected chi connectivity index (χ3v) is 4.42. The van der Waals surface area contributed by atoms with Gasteiger partial charge in [0.1, 0.15) is 4.88 Å². The SMILES string of the molecule is COC(=O)c1cnc(NC(=O)c2ccc(Br)s2)s1. The number of nitrogens with one attached hydrogen (secondary N) is 1. The molecule has 0 atom stereocenters. The first-order valence-electron chi connectivity index (χ1n) is 4.71. The minimum Gasteiger partial charge on any atom is -0.465 e. The molecule has 94 valence electrons. The predicted molar refractivity (Wildman–Crippen MR) is 73.4 cm³/mol. The van der Waals surface area contributed by atoms with Crippen molar-refractivity contribution in [2.45, 2.75) is 0 Å². The maximum atomic E-state index is 11.8. The van der Waals surface area contributed by atoms with Gasteiger partial charge in [-0.05, 0) is 28.1 Å². The first-order chi connectivity index (χ1) is 8.60. The molecule has 0 saturated carbocycles. The van der Waals surface area contributed by atoms with Gasteiger partial charge < -0.3 is 4.74 Å². The Bertz CT molecular complexity index is 593. The molecule has 0 unspecified atom stereocenters. The number of ether oxygens (including phenoxy) is 1. The number of halogens is 1. The number of nitrogens with zero attached hydrogens (tertiary/aromatic N) is 1. The zero-order valence-corrected chi connectivity index (χ0v) is 12.3. The van der Waals surface area contributed by atoms with Crippen LogP contribution in [-0.2, 0) is 4.74 Å². The molecular formula is C10H7BrN2O3S2. The first kappa shape index (κ1) is 13.2. The van der Waals surface area contributed by atoms with Gasteiger partial charge in [0, 0.05) is 0 Å². The molecule has 0 radical (unpaired) electrons. The summed E-state index contributed by atoms with van der Waals surface area (Å²) in [5.41, 5.74) is 0. The van der Waals surface area contributed by atoms with Crippen LogP contribution in [0, 0.1) is 0 Å². The second kappa shape index (κ2) is 5.59. The van der Waals surface area contributed by atoms with E-state index in [1.54, 1.807) is 12.1 Å². The van der Waals surface area contributed by atoms with Crippen molar-refractivity contribution in [3.05, 3.63) is 31.9 Å². The van der Waals surface area contributed by atoms with Crippen LogP contribution in [0.3, 0.4) is 0 Å². The minimum atomic E-state index is -0.466. The van der Waals surface area contributed by atoms with Crippen LogP contribution < -0.4 is 5.32 Å². The van der Waals surface area contributed by atoms with Crippen LogP contribution in [0.25, 0.3) is 0 Å². The fourth-order valence-corrected chi connectivity index (χ4v) is 3.13. The van der Waals surface area contributed by atoms with Crippen LogP contribution in [-0.4, -0.2) is 24.0 Å². The van der Waals surface area contributed by atoms with Crippen LogP contribution in [0.2, 0.25) is 0 Å². The molecule has 2 rings (SSSR count). The number of esters is 1. The maximum Gasteiger partial charge on any atom is 0.349 e. The predicted octanol–water partition coefficient (Wildman–Crippen LogP) is 3.01. The standard InChI is InChI=1S/C10H7BrN2O3S2/c1-16-9(15)6-4-12-10(18-6)13-8(14)5-2-3-7(11)17-5/h2-4H,1H3,(H,12,13,14). The normalized spacial score (nSPS) is 10.1. The molecule has 18 heavy (non-hydrogen) atoms. The van der Waals surface area contributed by atoms with E-state index in [1.807, 2.05) is 0 Å². The molecule has 8 heteroatoms. The van der Waals surface area contributed by atoms with E-state index < -0.39 is 5.97 Å². The highest BCUT2D eigenvalue weighted by molar-refractivity contribution is 9.11. The first-order valence-corrected chi connectivity index (χ1v) is 7.13. The molecule has 0 bridgehead atoms. The van der Waals surface area contributed by atoms with Gasteiger partial charge in [0.15, 0.2) is 5.13 Å². The average molecular weight is 347 g/mol. The van der Waals surface area contributed by atoms with Crippen molar-refractivity contribution < 1.29 is 14.3 Å². The molecule has 0 aliphatic heterocycles. The van der Waals surface area contributed by atoms with Gasteiger partial charge in [-0.3, -0.25) is 10.1 Å². The summed E-state index contributed by atoms with van der Waals surface area (Å²) in [7, 11) is 1.30. The summed E-state index contributed by atoms with van der Waals surface area (Å²) >= 11 is 5.68. The van der Waals surface area contributed by atoms with Crippen LogP contribution >= 0.6 is 38.6 Å². The lowest BCUT2D eigenvalue weighted by Crippen LogP contribution is -2.09. The molecule has 1 amide bonds. The lowest BCUT2D eigenvalue weighted by molar-refractivity contribution is 0.0606. The topological polar surface area (TPSA) is 68.3 Å². The Kier molecular flexibility index (Phi) is 4.10. The fraction of sp³-hybridized carbons (Fsp3) is 0.100. The van der Waals surface area contributed by atoms with E-state index in [9.17, 15) is 9.59 Å². The Morgan fingerprint density at radius 2 is 2.11 bits per heavy atom. The molecule has 0 saturated heterocycles. The molecule has 0 fully saturated rings. The fourth-order valence-electron chi connectivity index (χ4n) is 1.12. The number of carbonyl (C=O) groups is 2. The van der Waals surface area contributed by atoms with E-state index in [0.717, 1.165) is 15.1 Å². The van der Waals surface area contributed by atoms with Gasteiger partial charge in [0.25, 0.3) is 5.91 Å². The lowest BCUT2D eigenvalue weighted by atomic mass is 10.4. The quantitative estimate of drug-likeness (QED) is 0.867. The molecule has 1 N–H and O–H groups in total. The number of carbonyl (C=O) groups excluding carboxylic acids is 2. The van der Waals surface area contributed by atoms with E-state index >= 15 is 0 Å². The van der Waals surface area contributed by atoms with Gasteiger partial charge in [-0.15, -0.1) is 11.3 Å². The van der Waals surface area contributed by atoms with Crippen LogP contribution in [0.5, 0.6) is 0 Å². The molecule has 5 nitrogen and oxygen atoms in total. The van der Waals surface area contributed by atoms with Gasteiger partial charge in [-0.1, -0.05) is 11.3 Å². The second-order valence-electron chi connectivity index (χ2n) is 3.08. The molecule has 0 aromatic carbocycles. The maximum absolute atomic E-state index is 11.8. The van der Waals surface area contributed by atoms with Crippen molar-refractivity contribution in [1.29, 1.82) is 0 Å². The van der Waals surface area contributed by atoms with E-state index in [0.29, 0.717) is 14.9 Å². The van der Waals surface area contributed by atoms with Crippen molar-refractivity contribution in [3.8, 4) is 0 Å². The molecular weight excluding hydrogens is 340 g/mol. The Hall–Kier alpha value is -1.25. The Morgan fingerprint density at radius 3 is 2.72 bits per heavy atom. The highest BCUT2D eigenvalue weighted by Crippen LogP contribution is 2.24. The minimum absolute atomic E-state index is 0.253. The molecule has 2 aromatic rings. The number of amides is 1. The number of anilines is 1. The van der Waals surface area contributed by atoms with Crippen LogP contribution in [0.15, 0.2) is 22.1 Å².